The van der Waals surface area contributed by atoms with Gasteiger partial charge in [-0.2, -0.15) is 0 Å². The fourth-order valence-electron chi connectivity index (χ4n) is 5.93. The Morgan fingerprint density at radius 3 is 2.62 bits per heavy atom. The lowest BCUT2D eigenvalue weighted by atomic mass is 9.64. The molecule has 1 aromatic rings. The van der Waals surface area contributed by atoms with Crippen LogP contribution in [-0.2, 0) is 16.0 Å². The van der Waals surface area contributed by atoms with E-state index in [2.05, 4.69) is 26.1 Å². The van der Waals surface area contributed by atoms with Crippen LogP contribution in [0.5, 0.6) is 0 Å². The summed E-state index contributed by atoms with van der Waals surface area (Å²) in [4.78, 5) is 42.2. The van der Waals surface area contributed by atoms with Crippen molar-refractivity contribution in [2.45, 2.75) is 71.4 Å². The Balaban J connectivity index is 1.57. The normalized spacial score (nSPS) is 31.0. The molecular weight excluding hydrogens is 366 g/mol. The summed E-state index contributed by atoms with van der Waals surface area (Å²) in [6, 6.07) is 7.49. The molecule has 0 bridgehead atoms. The number of hydrogen-bond acceptors (Lipinski definition) is 3. The molecule has 6 nitrogen and oxygen atoms in total. The molecule has 2 aliphatic heterocycles. The van der Waals surface area contributed by atoms with E-state index in [0.717, 1.165) is 35.4 Å². The van der Waals surface area contributed by atoms with E-state index >= 15 is 0 Å². The third kappa shape index (κ3) is 3.43. The van der Waals surface area contributed by atoms with Crippen LogP contribution in [-0.4, -0.2) is 40.9 Å². The molecule has 29 heavy (non-hydrogen) atoms. The molecule has 1 saturated carbocycles. The van der Waals surface area contributed by atoms with Gasteiger partial charge in [0.25, 0.3) is 5.91 Å². The predicted octanol–water partition coefficient (Wildman–Crippen LogP) is 3.49. The Morgan fingerprint density at radius 2 is 1.90 bits per heavy atom. The molecule has 1 spiro atoms. The maximum atomic E-state index is 13.3. The van der Waals surface area contributed by atoms with E-state index < -0.39 is 11.6 Å². The predicted molar refractivity (Wildman–Crippen MR) is 111 cm³/mol. The lowest BCUT2D eigenvalue weighted by molar-refractivity contribution is -0.137. The number of amides is 4. The minimum Gasteiger partial charge on any atom is -0.323 e. The summed E-state index contributed by atoms with van der Waals surface area (Å²) in [6.45, 7) is 8.22. The van der Waals surface area contributed by atoms with Gasteiger partial charge in [-0.15, -0.1) is 0 Å². The van der Waals surface area contributed by atoms with Crippen molar-refractivity contribution in [2.24, 2.45) is 11.3 Å². The van der Waals surface area contributed by atoms with Gasteiger partial charge in [0.15, 0.2) is 0 Å². The Hall–Kier alpha value is -2.37. The minimum atomic E-state index is -0.871. The van der Waals surface area contributed by atoms with E-state index in [4.69, 9.17) is 0 Å². The second kappa shape index (κ2) is 6.85. The first kappa shape index (κ1) is 19.9. The number of hydrogen-bond donors (Lipinski definition) is 1. The molecule has 156 valence electrons. The molecule has 2 heterocycles. The van der Waals surface area contributed by atoms with Gasteiger partial charge in [0.1, 0.15) is 12.1 Å². The largest absolute Gasteiger partial charge is 0.325 e. The lowest BCUT2D eigenvalue weighted by Crippen LogP contribution is -2.54. The molecule has 3 aliphatic rings. The van der Waals surface area contributed by atoms with Crippen LogP contribution in [0, 0.1) is 11.3 Å². The maximum Gasteiger partial charge on any atom is 0.325 e. The van der Waals surface area contributed by atoms with Crippen LogP contribution in [0.4, 0.5) is 10.5 Å². The van der Waals surface area contributed by atoms with Gasteiger partial charge in [-0.05, 0) is 62.0 Å². The van der Waals surface area contributed by atoms with E-state index in [1.807, 2.05) is 31.2 Å². The number of carbonyl (C=O) groups excluding carboxylic acids is 3. The van der Waals surface area contributed by atoms with E-state index in [-0.39, 0.29) is 29.8 Å². The monoisotopic (exact) mass is 397 g/mol. The van der Waals surface area contributed by atoms with Crippen LogP contribution < -0.4 is 10.2 Å². The van der Waals surface area contributed by atoms with Gasteiger partial charge in [0.2, 0.25) is 5.91 Å². The standard InChI is InChI=1S/C23H31N3O3/c1-15-11-22(3,4)14-23(12-15)20(28)25(21(29)24-23)13-19(27)26-16(2)9-10-17-7-5-6-8-18(17)26/h5-8,15-16H,9-14H2,1-4H3,(H,24,29). The Kier molecular flexibility index (Phi) is 4.71. The molecular formula is C23H31N3O3. The summed E-state index contributed by atoms with van der Waals surface area (Å²) < 4.78 is 0. The number of nitrogens with one attached hydrogen (secondary N) is 1. The molecule has 2 fully saturated rings. The number of benzene rings is 1. The van der Waals surface area contributed by atoms with Gasteiger partial charge < -0.3 is 10.2 Å². The van der Waals surface area contributed by atoms with E-state index in [1.54, 1.807) is 4.90 Å². The van der Waals surface area contributed by atoms with Crippen LogP contribution in [0.2, 0.25) is 0 Å². The van der Waals surface area contributed by atoms with E-state index in [1.165, 1.54) is 0 Å². The van der Waals surface area contributed by atoms with Gasteiger partial charge in [-0.3, -0.25) is 14.5 Å². The number of rotatable bonds is 2. The van der Waals surface area contributed by atoms with Crippen molar-refractivity contribution in [1.82, 2.24) is 10.2 Å². The number of fused-ring (bicyclic) bond motifs is 1. The number of nitrogens with zero attached hydrogens (tertiary/aromatic N) is 2. The maximum absolute atomic E-state index is 13.3. The molecule has 1 saturated heterocycles. The molecule has 0 radical (unpaired) electrons. The van der Waals surface area contributed by atoms with Gasteiger partial charge in [-0.25, -0.2) is 4.79 Å². The van der Waals surface area contributed by atoms with Crippen LogP contribution in [0.25, 0.3) is 0 Å². The van der Waals surface area contributed by atoms with Crippen LogP contribution in [0.3, 0.4) is 0 Å². The van der Waals surface area contributed by atoms with Gasteiger partial charge in [-0.1, -0.05) is 39.0 Å². The highest BCUT2D eigenvalue weighted by molar-refractivity contribution is 6.10. The van der Waals surface area contributed by atoms with Gasteiger partial charge >= 0.3 is 6.03 Å². The highest BCUT2D eigenvalue weighted by Gasteiger charge is 2.56. The van der Waals surface area contributed by atoms with Crippen LogP contribution in [0.15, 0.2) is 24.3 Å². The fourth-order valence-corrected chi connectivity index (χ4v) is 5.93. The molecule has 0 aromatic heterocycles. The van der Waals surface area contributed by atoms with Crippen molar-refractivity contribution < 1.29 is 14.4 Å². The molecule has 4 amide bonds. The molecule has 3 unspecified atom stereocenters. The first-order valence-electron chi connectivity index (χ1n) is 10.7. The second-order valence-corrected chi connectivity index (χ2v) is 10.0. The molecule has 1 N–H and O–H groups in total. The van der Waals surface area contributed by atoms with Gasteiger partial charge in [0.05, 0.1) is 0 Å². The smallest absolute Gasteiger partial charge is 0.323 e. The quantitative estimate of drug-likeness (QED) is 0.777. The molecule has 1 aromatic carbocycles. The second-order valence-electron chi connectivity index (χ2n) is 10.0. The number of imide groups is 1. The van der Waals surface area contributed by atoms with Crippen LogP contribution in [0.1, 0.15) is 58.9 Å². The molecule has 4 rings (SSSR count). The molecule has 1 aliphatic carbocycles. The number of para-hydroxylation sites is 1. The van der Waals surface area contributed by atoms with Gasteiger partial charge in [0, 0.05) is 11.7 Å². The first-order valence-corrected chi connectivity index (χ1v) is 10.7. The topological polar surface area (TPSA) is 69.7 Å². The summed E-state index contributed by atoms with van der Waals surface area (Å²) in [5.41, 5.74) is 1.13. The number of carbonyl (C=O) groups is 3. The van der Waals surface area contributed by atoms with E-state index in [9.17, 15) is 14.4 Å². The van der Waals surface area contributed by atoms with Crippen LogP contribution >= 0.6 is 0 Å². The average Bonchev–Trinajstić information content (AvgIpc) is 2.83. The molecule has 3 atom stereocenters. The highest BCUT2D eigenvalue weighted by Crippen LogP contribution is 2.46. The van der Waals surface area contributed by atoms with E-state index in [0.29, 0.717) is 18.8 Å². The zero-order valence-electron chi connectivity index (χ0n) is 17.8. The van der Waals surface area contributed by atoms with Crippen molar-refractivity contribution in [3.8, 4) is 0 Å². The lowest BCUT2D eigenvalue weighted by Gasteiger charge is -2.43. The van der Waals surface area contributed by atoms with Crippen molar-refractivity contribution in [1.29, 1.82) is 0 Å². The Labute approximate surface area is 172 Å². The average molecular weight is 398 g/mol. The third-order valence-corrected chi connectivity index (χ3v) is 6.71. The SMILES string of the molecule is CC1CC(C)(C)CC2(C1)NC(=O)N(CC(=O)N1c3ccccc3CCC1C)C2=O. The zero-order chi connectivity index (χ0) is 21.0. The minimum absolute atomic E-state index is 0.0268. The number of urea groups is 1. The highest BCUT2D eigenvalue weighted by atomic mass is 16.2. The summed E-state index contributed by atoms with van der Waals surface area (Å²) in [5.74, 6) is -0.102. The summed E-state index contributed by atoms with van der Waals surface area (Å²) in [5, 5.41) is 2.96. The summed E-state index contributed by atoms with van der Waals surface area (Å²) >= 11 is 0. The van der Waals surface area contributed by atoms with Crippen molar-refractivity contribution in [2.75, 3.05) is 11.4 Å². The zero-order valence-corrected chi connectivity index (χ0v) is 17.8. The van der Waals surface area contributed by atoms with Crippen molar-refractivity contribution in [3.63, 3.8) is 0 Å². The number of anilines is 1. The molecule has 6 heteroatoms. The summed E-state index contributed by atoms with van der Waals surface area (Å²) in [7, 11) is 0. The van der Waals surface area contributed by atoms with Crippen molar-refractivity contribution in [3.05, 3.63) is 29.8 Å². The number of aryl methyl sites for hydroxylation is 1. The Bertz CT molecular complexity index is 865. The fraction of sp³-hybridized carbons (Fsp3) is 0.609. The third-order valence-electron chi connectivity index (χ3n) is 6.71. The Morgan fingerprint density at radius 1 is 1.17 bits per heavy atom. The first-order chi connectivity index (χ1) is 13.6. The summed E-state index contributed by atoms with van der Waals surface area (Å²) in [6.07, 6.45) is 4.08. The van der Waals surface area contributed by atoms with Crippen molar-refractivity contribution >= 4 is 23.5 Å².